The molecule has 0 aliphatic carbocycles. The second-order valence-corrected chi connectivity index (χ2v) is 4.53. The van der Waals surface area contributed by atoms with Gasteiger partial charge in [0.05, 0.1) is 12.7 Å². The van der Waals surface area contributed by atoms with Gasteiger partial charge in [-0.2, -0.15) is 0 Å². The van der Waals surface area contributed by atoms with Gasteiger partial charge in [0.1, 0.15) is 11.5 Å². The third-order valence-corrected chi connectivity index (χ3v) is 1.68. The van der Waals surface area contributed by atoms with E-state index in [1.54, 1.807) is 12.3 Å². The van der Waals surface area contributed by atoms with Crippen LogP contribution in [-0.4, -0.2) is 5.78 Å². The Labute approximate surface area is 78.9 Å². The predicted octanol–water partition coefficient (Wildman–Crippen LogP) is 2.83. The summed E-state index contributed by atoms with van der Waals surface area (Å²) in [4.78, 5) is 11.5. The Bertz CT molecular complexity index is 265. The van der Waals surface area contributed by atoms with Gasteiger partial charge in [-0.15, -0.1) is 0 Å². The summed E-state index contributed by atoms with van der Waals surface area (Å²) in [5.74, 6) is 0.997. The molecule has 2 heteroatoms. The number of hydrogen-bond acceptors (Lipinski definition) is 2. The van der Waals surface area contributed by atoms with Crippen molar-refractivity contribution in [2.24, 2.45) is 5.41 Å². The molecule has 1 rings (SSSR count). The first-order chi connectivity index (χ1) is 5.97. The highest BCUT2D eigenvalue weighted by molar-refractivity contribution is 5.80. The lowest BCUT2D eigenvalue weighted by molar-refractivity contribution is -0.120. The van der Waals surface area contributed by atoms with Crippen molar-refractivity contribution in [3.63, 3.8) is 0 Å². The van der Waals surface area contributed by atoms with E-state index in [-0.39, 0.29) is 11.2 Å². The maximum absolute atomic E-state index is 11.5. The third-order valence-electron chi connectivity index (χ3n) is 1.68. The fourth-order valence-electron chi connectivity index (χ4n) is 1.26. The summed E-state index contributed by atoms with van der Waals surface area (Å²) in [7, 11) is 0. The highest BCUT2D eigenvalue weighted by Gasteiger charge is 2.16. The molecule has 0 saturated carbocycles. The number of carbonyl (C=O) groups is 1. The molecule has 0 saturated heterocycles. The maximum Gasteiger partial charge on any atom is 0.140 e. The zero-order valence-corrected chi connectivity index (χ0v) is 8.46. The van der Waals surface area contributed by atoms with E-state index in [0.717, 1.165) is 5.76 Å². The molecule has 0 bridgehead atoms. The van der Waals surface area contributed by atoms with Gasteiger partial charge < -0.3 is 4.42 Å². The topological polar surface area (TPSA) is 30.2 Å². The lowest BCUT2D eigenvalue weighted by atomic mass is 9.89. The van der Waals surface area contributed by atoms with Crippen molar-refractivity contribution in [3.05, 3.63) is 24.2 Å². The summed E-state index contributed by atoms with van der Waals surface area (Å²) in [5.41, 5.74) is 0.0731. The lowest BCUT2D eigenvalue weighted by Gasteiger charge is -2.15. The van der Waals surface area contributed by atoms with Crippen LogP contribution >= 0.6 is 0 Å². The van der Waals surface area contributed by atoms with Gasteiger partial charge in [0.2, 0.25) is 0 Å². The normalized spacial score (nSPS) is 11.6. The SMILES string of the molecule is CC(C)(C)CC(=O)Cc1ccco1. The van der Waals surface area contributed by atoms with Crippen molar-refractivity contribution >= 4 is 5.78 Å². The highest BCUT2D eigenvalue weighted by Crippen LogP contribution is 2.19. The van der Waals surface area contributed by atoms with Crippen molar-refractivity contribution in [2.75, 3.05) is 0 Å². The quantitative estimate of drug-likeness (QED) is 0.716. The van der Waals surface area contributed by atoms with Crippen LogP contribution in [0.3, 0.4) is 0 Å². The van der Waals surface area contributed by atoms with Crippen LogP contribution < -0.4 is 0 Å². The molecule has 72 valence electrons. The van der Waals surface area contributed by atoms with Crippen LogP contribution in [0.2, 0.25) is 0 Å². The molecule has 0 atom stereocenters. The monoisotopic (exact) mass is 180 g/mol. The molecule has 13 heavy (non-hydrogen) atoms. The van der Waals surface area contributed by atoms with E-state index >= 15 is 0 Å². The second kappa shape index (κ2) is 3.77. The van der Waals surface area contributed by atoms with E-state index in [1.165, 1.54) is 0 Å². The standard InChI is InChI=1S/C11H16O2/c1-11(2,3)8-9(12)7-10-5-4-6-13-10/h4-6H,7-8H2,1-3H3. The van der Waals surface area contributed by atoms with Crippen LogP contribution in [0.4, 0.5) is 0 Å². The van der Waals surface area contributed by atoms with Crippen LogP contribution in [0.1, 0.15) is 33.0 Å². The largest absolute Gasteiger partial charge is 0.469 e. The molecule has 0 aromatic carbocycles. The van der Waals surface area contributed by atoms with Crippen molar-refractivity contribution in [1.29, 1.82) is 0 Å². The third kappa shape index (κ3) is 3.92. The molecule has 0 N–H and O–H groups in total. The summed E-state index contributed by atoms with van der Waals surface area (Å²) in [6.07, 6.45) is 2.62. The van der Waals surface area contributed by atoms with E-state index in [0.29, 0.717) is 12.8 Å². The van der Waals surface area contributed by atoms with E-state index in [4.69, 9.17) is 4.42 Å². The molecule has 1 aromatic rings. The molecule has 2 nitrogen and oxygen atoms in total. The van der Waals surface area contributed by atoms with Crippen LogP contribution in [-0.2, 0) is 11.2 Å². The molecule has 0 fully saturated rings. The summed E-state index contributed by atoms with van der Waals surface area (Å²) in [6.45, 7) is 6.19. The lowest BCUT2D eigenvalue weighted by Crippen LogP contribution is -2.14. The molecule has 0 amide bonds. The van der Waals surface area contributed by atoms with Crippen LogP contribution in [0.15, 0.2) is 22.8 Å². The smallest absolute Gasteiger partial charge is 0.140 e. The van der Waals surface area contributed by atoms with Crippen LogP contribution in [0.25, 0.3) is 0 Å². The summed E-state index contributed by atoms with van der Waals surface area (Å²) >= 11 is 0. The van der Waals surface area contributed by atoms with E-state index in [2.05, 4.69) is 20.8 Å². The van der Waals surface area contributed by atoms with Crippen molar-refractivity contribution in [2.45, 2.75) is 33.6 Å². The number of carbonyl (C=O) groups excluding carboxylic acids is 1. The molecule has 0 spiro atoms. The summed E-state index contributed by atoms with van der Waals surface area (Å²) < 4.78 is 5.10. The maximum atomic E-state index is 11.5. The molecule has 0 aliphatic rings. The zero-order valence-electron chi connectivity index (χ0n) is 8.46. The molecule has 1 heterocycles. The minimum Gasteiger partial charge on any atom is -0.469 e. The average molecular weight is 180 g/mol. The van der Waals surface area contributed by atoms with Gasteiger partial charge in [-0.1, -0.05) is 20.8 Å². The molecular formula is C11H16O2. The first kappa shape index (κ1) is 10.0. The predicted molar refractivity (Wildman–Crippen MR) is 51.5 cm³/mol. The fourth-order valence-corrected chi connectivity index (χ4v) is 1.26. The van der Waals surface area contributed by atoms with Crippen LogP contribution in [0, 0.1) is 5.41 Å². The highest BCUT2D eigenvalue weighted by atomic mass is 16.3. The zero-order chi connectivity index (χ0) is 9.90. The summed E-state index contributed by atoms with van der Waals surface area (Å²) in [6, 6.07) is 3.64. The number of ketones is 1. The Morgan fingerprint density at radius 1 is 1.46 bits per heavy atom. The Morgan fingerprint density at radius 2 is 2.15 bits per heavy atom. The Balaban J connectivity index is 2.43. The van der Waals surface area contributed by atoms with Gasteiger partial charge in [0, 0.05) is 6.42 Å². The van der Waals surface area contributed by atoms with E-state index < -0.39 is 0 Å². The molecule has 0 radical (unpaired) electrons. The van der Waals surface area contributed by atoms with Crippen molar-refractivity contribution < 1.29 is 9.21 Å². The van der Waals surface area contributed by atoms with E-state index in [1.807, 2.05) is 6.07 Å². The minimum absolute atomic E-state index is 0.0731. The van der Waals surface area contributed by atoms with Gasteiger partial charge in [-0.05, 0) is 17.5 Å². The Kier molecular flexibility index (Phi) is 2.91. The number of Topliss-reactive ketones (excluding diaryl/α,β-unsaturated/α-hetero) is 1. The van der Waals surface area contributed by atoms with Gasteiger partial charge >= 0.3 is 0 Å². The van der Waals surface area contributed by atoms with Crippen LogP contribution in [0.5, 0.6) is 0 Å². The average Bonchev–Trinajstić information content (AvgIpc) is 2.34. The van der Waals surface area contributed by atoms with Crippen molar-refractivity contribution in [1.82, 2.24) is 0 Å². The van der Waals surface area contributed by atoms with Crippen molar-refractivity contribution in [3.8, 4) is 0 Å². The molecular weight excluding hydrogens is 164 g/mol. The molecule has 0 unspecified atom stereocenters. The molecule has 1 aromatic heterocycles. The number of furan rings is 1. The second-order valence-electron chi connectivity index (χ2n) is 4.53. The first-order valence-corrected chi connectivity index (χ1v) is 4.51. The van der Waals surface area contributed by atoms with Gasteiger partial charge in [-0.3, -0.25) is 4.79 Å². The van der Waals surface area contributed by atoms with Gasteiger partial charge in [-0.25, -0.2) is 0 Å². The summed E-state index contributed by atoms with van der Waals surface area (Å²) in [5, 5.41) is 0. The molecule has 0 aliphatic heterocycles. The van der Waals surface area contributed by atoms with Gasteiger partial charge in [0.25, 0.3) is 0 Å². The fraction of sp³-hybridized carbons (Fsp3) is 0.545. The van der Waals surface area contributed by atoms with E-state index in [9.17, 15) is 4.79 Å². The van der Waals surface area contributed by atoms with Gasteiger partial charge in [0.15, 0.2) is 0 Å². The Morgan fingerprint density at radius 3 is 2.62 bits per heavy atom. The first-order valence-electron chi connectivity index (χ1n) is 4.51. The number of hydrogen-bond donors (Lipinski definition) is 0. The number of rotatable bonds is 3. The minimum atomic E-state index is 0.0731. The Hall–Kier alpha value is -1.05.